The summed E-state index contributed by atoms with van der Waals surface area (Å²) >= 11 is 0. The van der Waals surface area contributed by atoms with E-state index < -0.39 is 35.8 Å². The normalized spacial score (nSPS) is 19.3. The molecule has 1 aromatic rings. The number of nitrogens with one attached hydrogen (secondary N) is 1. The number of carbonyl (C=O) groups is 1. The molecule has 0 radical (unpaired) electrons. The van der Waals surface area contributed by atoms with E-state index in [1.165, 1.54) is 24.1 Å². The van der Waals surface area contributed by atoms with Crippen LogP contribution in [0.3, 0.4) is 0 Å². The largest absolute Gasteiger partial charge is 0.340 e. The molecule has 1 aliphatic rings. The summed E-state index contributed by atoms with van der Waals surface area (Å²) in [6, 6.07) is 5.09. The van der Waals surface area contributed by atoms with Crippen molar-refractivity contribution in [2.24, 2.45) is 0 Å². The Labute approximate surface area is 132 Å². The highest BCUT2D eigenvalue weighted by Crippen LogP contribution is 2.26. The van der Waals surface area contributed by atoms with Gasteiger partial charge < -0.3 is 4.90 Å². The molecule has 1 atom stereocenters. The zero-order valence-electron chi connectivity index (χ0n) is 11.8. The summed E-state index contributed by atoms with van der Waals surface area (Å²) in [6.45, 7) is -0.525. The number of alkyl halides is 2. The second-order valence-corrected chi connectivity index (χ2v) is 5.07. The smallest absolute Gasteiger partial charge is 0.274 e. The van der Waals surface area contributed by atoms with Crippen molar-refractivity contribution in [3.05, 3.63) is 39.9 Å². The molecular formula is C13H16ClF2N3O3. The van der Waals surface area contributed by atoms with Crippen molar-refractivity contribution in [1.82, 2.24) is 10.2 Å². The second-order valence-electron chi connectivity index (χ2n) is 5.07. The molecule has 0 aromatic heterocycles. The van der Waals surface area contributed by atoms with E-state index in [2.05, 4.69) is 5.32 Å². The Bertz CT molecular complexity index is 571. The van der Waals surface area contributed by atoms with Crippen LogP contribution in [0.15, 0.2) is 24.3 Å². The first-order chi connectivity index (χ1) is 9.80. The van der Waals surface area contributed by atoms with Crippen LogP contribution < -0.4 is 5.32 Å². The monoisotopic (exact) mass is 335 g/mol. The lowest BCUT2D eigenvalue weighted by Gasteiger charge is -2.21. The maximum absolute atomic E-state index is 13.1. The van der Waals surface area contributed by atoms with Gasteiger partial charge >= 0.3 is 0 Å². The van der Waals surface area contributed by atoms with Crippen molar-refractivity contribution in [2.45, 2.75) is 24.9 Å². The number of nitrogens with zero attached hydrogens (tertiary/aromatic N) is 2. The Hall–Kier alpha value is -1.80. The first kappa shape index (κ1) is 18.2. The lowest BCUT2D eigenvalue weighted by Crippen LogP contribution is -2.41. The van der Waals surface area contributed by atoms with Gasteiger partial charge in [0.15, 0.2) is 0 Å². The molecule has 0 aliphatic carbocycles. The molecular weight excluding hydrogens is 320 g/mol. The summed E-state index contributed by atoms with van der Waals surface area (Å²) in [7, 11) is 1.44. The molecule has 0 bridgehead atoms. The molecule has 2 rings (SSSR count). The molecule has 22 heavy (non-hydrogen) atoms. The lowest BCUT2D eigenvalue weighted by molar-refractivity contribution is -0.385. The maximum atomic E-state index is 13.1. The number of para-hydroxylation sites is 1. The molecule has 122 valence electrons. The SMILES string of the molecule is CN(Cc1ccccc1[N+](=O)[O-])C(=O)C1CC(F)(F)CN1.Cl. The van der Waals surface area contributed by atoms with Crippen molar-refractivity contribution >= 4 is 24.0 Å². The van der Waals surface area contributed by atoms with E-state index in [0.717, 1.165) is 0 Å². The van der Waals surface area contributed by atoms with E-state index in [9.17, 15) is 23.7 Å². The van der Waals surface area contributed by atoms with Gasteiger partial charge in [-0.1, -0.05) is 18.2 Å². The van der Waals surface area contributed by atoms with Crippen LogP contribution in [0.4, 0.5) is 14.5 Å². The fraction of sp³-hybridized carbons (Fsp3) is 0.462. The van der Waals surface area contributed by atoms with Crippen LogP contribution in [0.2, 0.25) is 0 Å². The summed E-state index contributed by atoms with van der Waals surface area (Å²) in [5, 5.41) is 13.4. The molecule has 1 heterocycles. The zero-order chi connectivity index (χ0) is 15.6. The van der Waals surface area contributed by atoms with Gasteiger partial charge in [-0.05, 0) is 0 Å². The van der Waals surface area contributed by atoms with Gasteiger partial charge in [0.25, 0.3) is 11.6 Å². The summed E-state index contributed by atoms with van der Waals surface area (Å²) in [4.78, 5) is 23.7. The number of hydrogen-bond donors (Lipinski definition) is 1. The van der Waals surface area contributed by atoms with Gasteiger partial charge in [-0.3, -0.25) is 20.2 Å². The molecule has 0 saturated carbocycles. The highest BCUT2D eigenvalue weighted by Gasteiger charge is 2.43. The number of halogens is 3. The predicted molar refractivity (Wildman–Crippen MR) is 78.2 cm³/mol. The quantitative estimate of drug-likeness (QED) is 0.674. The molecule has 9 heteroatoms. The summed E-state index contributed by atoms with van der Waals surface area (Å²) < 4.78 is 26.2. The van der Waals surface area contributed by atoms with Gasteiger partial charge in [0.1, 0.15) is 0 Å². The Balaban J connectivity index is 0.00000242. The Morgan fingerprint density at radius 1 is 1.50 bits per heavy atom. The number of nitro benzene ring substituents is 1. The van der Waals surface area contributed by atoms with Gasteiger partial charge in [-0.25, -0.2) is 8.78 Å². The third kappa shape index (κ3) is 4.11. The molecule has 1 aliphatic heterocycles. The van der Waals surface area contributed by atoms with Crippen LogP contribution in [-0.2, 0) is 11.3 Å². The maximum Gasteiger partial charge on any atom is 0.274 e. The van der Waals surface area contributed by atoms with E-state index >= 15 is 0 Å². The highest BCUT2D eigenvalue weighted by molar-refractivity contribution is 5.85. The van der Waals surface area contributed by atoms with Gasteiger partial charge in [0, 0.05) is 25.1 Å². The van der Waals surface area contributed by atoms with Gasteiger partial charge in [-0.2, -0.15) is 0 Å². The van der Waals surface area contributed by atoms with Crippen LogP contribution >= 0.6 is 12.4 Å². The van der Waals surface area contributed by atoms with Crippen LogP contribution in [0.25, 0.3) is 0 Å². The van der Waals surface area contributed by atoms with Crippen LogP contribution in [0, 0.1) is 10.1 Å². The van der Waals surface area contributed by atoms with Gasteiger partial charge in [0.2, 0.25) is 5.91 Å². The molecule has 1 N–H and O–H groups in total. The minimum absolute atomic E-state index is 0. The molecule has 1 saturated heterocycles. The fourth-order valence-electron chi connectivity index (χ4n) is 2.31. The molecule has 1 amide bonds. The number of nitro groups is 1. The summed E-state index contributed by atoms with van der Waals surface area (Å²) in [6.07, 6.45) is -0.549. The van der Waals surface area contributed by atoms with E-state index in [-0.39, 0.29) is 24.6 Å². The predicted octanol–water partition coefficient (Wildman–Crippen LogP) is 1.97. The lowest BCUT2D eigenvalue weighted by atomic mass is 10.1. The number of benzene rings is 1. The highest BCUT2D eigenvalue weighted by atomic mass is 35.5. The summed E-state index contributed by atoms with van der Waals surface area (Å²) in [5.74, 6) is -3.38. The van der Waals surface area contributed by atoms with Crippen molar-refractivity contribution in [3.63, 3.8) is 0 Å². The second kappa shape index (κ2) is 6.97. The number of hydrogen-bond acceptors (Lipinski definition) is 4. The van der Waals surface area contributed by atoms with Crippen LogP contribution in [0.5, 0.6) is 0 Å². The molecule has 1 fully saturated rings. The first-order valence-corrected chi connectivity index (χ1v) is 6.39. The molecule has 0 spiro atoms. The fourth-order valence-corrected chi connectivity index (χ4v) is 2.31. The molecule has 6 nitrogen and oxygen atoms in total. The number of likely N-dealkylation sites (N-methyl/N-ethyl adjacent to an activating group) is 1. The number of rotatable bonds is 4. The Kier molecular flexibility index (Phi) is 5.78. The third-order valence-corrected chi connectivity index (χ3v) is 3.38. The van der Waals surface area contributed by atoms with Gasteiger partial charge in [0.05, 0.1) is 24.1 Å². The minimum Gasteiger partial charge on any atom is -0.340 e. The number of carbonyl (C=O) groups excluding carboxylic acids is 1. The average molecular weight is 336 g/mol. The minimum atomic E-state index is -2.89. The van der Waals surface area contributed by atoms with Crippen molar-refractivity contribution < 1.29 is 18.5 Å². The number of amides is 1. The van der Waals surface area contributed by atoms with E-state index in [1.807, 2.05) is 0 Å². The Morgan fingerprint density at radius 3 is 2.68 bits per heavy atom. The van der Waals surface area contributed by atoms with Crippen molar-refractivity contribution in [1.29, 1.82) is 0 Å². The standard InChI is InChI=1S/C13H15F2N3O3.ClH/c1-17(12(19)10-6-13(14,15)8-16-10)7-9-4-2-3-5-11(9)18(20)21;/h2-5,10,16H,6-8H2,1H3;1H. The third-order valence-electron chi connectivity index (χ3n) is 3.38. The molecule has 1 unspecified atom stereocenters. The van der Waals surface area contributed by atoms with E-state index in [4.69, 9.17) is 0 Å². The topological polar surface area (TPSA) is 75.5 Å². The van der Waals surface area contributed by atoms with E-state index in [0.29, 0.717) is 5.56 Å². The van der Waals surface area contributed by atoms with Crippen molar-refractivity contribution in [3.8, 4) is 0 Å². The molecule has 1 aromatic carbocycles. The van der Waals surface area contributed by atoms with Crippen molar-refractivity contribution in [2.75, 3.05) is 13.6 Å². The van der Waals surface area contributed by atoms with Crippen LogP contribution in [0.1, 0.15) is 12.0 Å². The Morgan fingerprint density at radius 2 is 2.14 bits per heavy atom. The summed E-state index contributed by atoms with van der Waals surface area (Å²) in [5.41, 5.74) is 0.268. The van der Waals surface area contributed by atoms with Crippen LogP contribution in [-0.4, -0.2) is 41.3 Å². The van der Waals surface area contributed by atoms with E-state index in [1.54, 1.807) is 12.1 Å². The zero-order valence-corrected chi connectivity index (χ0v) is 12.6. The average Bonchev–Trinajstić information content (AvgIpc) is 2.78. The first-order valence-electron chi connectivity index (χ1n) is 6.39. The van der Waals surface area contributed by atoms with Gasteiger partial charge in [-0.15, -0.1) is 12.4 Å².